The summed E-state index contributed by atoms with van der Waals surface area (Å²) in [4.78, 5) is 37.4. The third-order valence-electron chi connectivity index (χ3n) is 11.8. The van der Waals surface area contributed by atoms with Crippen LogP contribution in [0.2, 0.25) is 0 Å². The van der Waals surface area contributed by atoms with E-state index in [1.807, 2.05) is 39.4 Å². The standard InChI is InChI=1S/C55H103N2O7P/c1-7-10-13-16-19-22-25-28-31-34-37-40-43-46-53(64-55(59)48-45-42-39-36-33-30-27-24-21-18-15-12-9-3)52(51-63-65(60,61)62-50-49-57(4,5)6)56-54(58)47-44-41-38-35-32-29-26-23-20-17-14-11-8-2/h29-30,32-33,39,42-43,46,52-53H,7-28,31,34-38,40-41,44-45,47-51H2,1-6H3,(H-,56,58,60,61)/p+1/b32-29-,33-30-,42-39+,46-43+. The molecular weight excluding hydrogens is 832 g/mol. The van der Waals surface area contributed by atoms with E-state index in [0.717, 1.165) is 64.2 Å². The number of rotatable bonds is 48. The van der Waals surface area contributed by atoms with E-state index in [1.165, 1.54) is 135 Å². The van der Waals surface area contributed by atoms with E-state index in [0.29, 0.717) is 23.9 Å². The van der Waals surface area contributed by atoms with E-state index in [1.54, 1.807) is 0 Å². The summed E-state index contributed by atoms with van der Waals surface area (Å²) in [6.07, 6.45) is 54.0. The second-order valence-electron chi connectivity index (χ2n) is 19.4. The summed E-state index contributed by atoms with van der Waals surface area (Å²) in [7, 11) is 1.46. The molecule has 0 rings (SSSR count). The SMILES string of the molecule is CCCCCCCC/C=C\C/C=C/CCC(=O)OC(/C=C/CCCCCCCCCCCCC)C(COP(=O)(O)OCC[N+](C)(C)C)NC(=O)CCCCC/C=C\CCCCCCCC. The van der Waals surface area contributed by atoms with E-state index < -0.39 is 25.9 Å². The third kappa shape index (κ3) is 46.9. The first-order valence-electron chi connectivity index (χ1n) is 27.0. The Kier molecular flexibility index (Phi) is 44.3. The average molecular weight is 936 g/mol. The van der Waals surface area contributed by atoms with Gasteiger partial charge in [0, 0.05) is 12.8 Å². The minimum atomic E-state index is -4.45. The van der Waals surface area contributed by atoms with Crippen molar-refractivity contribution in [3.05, 3.63) is 48.6 Å². The van der Waals surface area contributed by atoms with Gasteiger partial charge in [-0.3, -0.25) is 18.6 Å². The van der Waals surface area contributed by atoms with Gasteiger partial charge >= 0.3 is 13.8 Å². The van der Waals surface area contributed by atoms with Crippen LogP contribution in [0.5, 0.6) is 0 Å². The number of unbranched alkanes of at least 4 members (excludes halogenated alkanes) is 26. The van der Waals surface area contributed by atoms with Crippen LogP contribution in [0.3, 0.4) is 0 Å². The lowest BCUT2D eigenvalue weighted by atomic mass is 10.0. The number of likely N-dealkylation sites (N-methyl/N-ethyl adjacent to an activating group) is 1. The minimum Gasteiger partial charge on any atom is -0.456 e. The maximum atomic E-state index is 13.4. The molecule has 0 aliphatic rings. The number of amides is 1. The molecule has 0 bridgehead atoms. The fraction of sp³-hybridized carbons (Fsp3) is 0.818. The first-order valence-corrected chi connectivity index (χ1v) is 28.5. The van der Waals surface area contributed by atoms with Crippen LogP contribution in [0.25, 0.3) is 0 Å². The number of phosphoric acid groups is 1. The van der Waals surface area contributed by atoms with Crippen molar-refractivity contribution in [2.24, 2.45) is 0 Å². The summed E-state index contributed by atoms with van der Waals surface area (Å²) in [6, 6.07) is -0.875. The molecule has 65 heavy (non-hydrogen) atoms. The minimum absolute atomic E-state index is 0.0300. The van der Waals surface area contributed by atoms with Crippen molar-refractivity contribution < 1.29 is 37.3 Å². The van der Waals surface area contributed by atoms with E-state index in [-0.39, 0.29) is 25.5 Å². The zero-order chi connectivity index (χ0) is 48.0. The van der Waals surface area contributed by atoms with Gasteiger partial charge in [-0.25, -0.2) is 4.57 Å². The Balaban J connectivity index is 5.53. The number of quaternary nitrogens is 1. The lowest BCUT2D eigenvalue weighted by Crippen LogP contribution is -2.47. The molecule has 0 spiro atoms. The number of phosphoric ester groups is 1. The van der Waals surface area contributed by atoms with Gasteiger partial charge in [0.25, 0.3) is 0 Å². The summed E-state index contributed by atoms with van der Waals surface area (Å²) >= 11 is 0. The second kappa shape index (κ2) is 45.7. The molecule has 0 saturated carbocycles. The Morgan fingerprint density at radius 3 is 1.43 bits per heavy atom. The van der Waals surface area contributed by atoms with Crippen LogP contribution in [0.4, 0.5) is 0 Å². The monoisotopic (exact) mass is 936 g/mol. The number of nitrogens with zero attached hydrogens (tertiary/aromatic N) is 1. The van der Waals surface area contributed by atoms with Crippen LogP contribution in [0.1, 0.15) is 239 Å². The molecule has 0 aliphatic heterocycles. The van der Waals surface area contributed by atoms with Gasteiger partial charge in [0.15, 0.2) is 0 Å². The fourth-order valence-corrected chi connectivity index (χ4v) is 8.25. The van der Waals surface area contributed by atoms with E-state index >= 15 is 0 Å². The molecule has 0 aromatic rings. The number of carbonyl (C=O) groups excluding carboxylic acids is 2. The molecule has 0 radical (unpaired) electrons. The predicted octanol–water partition coefficient (Wildman–Crippen LogP) is 15.8. The van der Waals surface area contributed by atoms with Crippen LogP contribution in [0, 0.1) is 0 Å². The van der Waals surface area contributed by atoms with E-state index in [4.69, 9.17) is 13.8 Å². The van der Waals surface area contributed by atoms with E-state index in [2.05, 4.69) is 56.5 Å². The van der Waals surface area contributed by atoms with Gasteiger partial charge in [-0.05, 0) is 76.7 Å². The van der Waals surface area contributed by atoms with Crippen molar-refractivity contribution in [2.45, 2.75) is 251 Å². The molecule has 9 nitrogen and oxygen atoms in total. The molecular formula is C55H104N2O7P+. The molecule has 0 aliphatic carbocycles. The van der Waals surface area contributed by atoms with Gasteiger partial charge < -0.3 is 19.4 Å². The van der Waals surface area contributed by atoms with Crippen LogP contribution < -0.4 is 5.32 Å². The largest absolute Gasteiger partial charge is 0.472 e. The molecule has 2 N–H and O–H groups in total. The van der Waals surface area contributed by atoms with Crippen molar-refractivity contribution in [3.8, 4) is 0 Å². The van der Waals surface area contributed by atoms with Gasteiger partial charge in [0.2, 0.25) is 5.91 Å². The molecule has 0 aromatic carbocycles. The van der Waals surface area contributed by atoms with Crippen molar-refractivity contribution in [3.63, 3.8) is 0 Å². The molecule has 3 atom stereocenters. The van der Waals surface area contributed by atoms with Crippen LogP contribution in [-0.2, 0) is 27.9 Å². The van der Waals surface area contributed by atoms with Gasteiger partial charge in [0.1, 0.15) is 19.3 Å². The third-order valence-corrected chi connectivity index (χ3v) is 12.7. The van der Waals surface area contributed by atoms with Crippen LogP contribution in [-0.4, -0.2) is 74.3 Å². The Labute approximate surface area is 401 Å². The predicted molar refractivity (Wildman–Crippen MR) is 277 cm³/mol. The van der Waals surface area contributed by atoms with E-state index in [9.17, 15) is 19.0 Å². The first-order chi connectivity index (χ1) is 31.4. The smallest absolute Gasteiger partial charge is 0.456 e. The molecule has 10 heteroatoms. The highest BCUT2D eigenvalue weighted by atomic mass is 31.2. The summed E-state index contributed by atoms with van der Waals surface area (Å²) in [5.41, 5.74) is 0. The van der Waals surface area contributed by atoms with Gasteiger partial charge in [0.05, 0.1) is 33.8 Å². The maximum absolute atomic E-state index is 13.4. The van der Waals surface area contributed by atoms with Crippen molar-refractivity contribution >= 4 is 19.7 Å². The highest BCUT2D eigenvalue weighted by Crippen LogP contribution is 2.43. The molecule has 0 fully saturated rings. The summed E-state index contributed by atoms with van der Waals surface area (Å²) in [6.45, 7) is 6.94. The molecule has 380 valence electrons. The maximum Gasteiger partial charge on any atom is 0.472 e. The molecule has 0 aromatic heterocycles. The fourth-order valence-electron chi connectivity index (χ4n) is 7.52. The number of nitrogens with one attached hydrogen (secondary N) is 1. The summed E-state index contributed by atoms with van der Waals surface area (Å²) < 4.78 is 30.4. The quantitative estimate of drug-likeness (QED) is 0.0205. The molecule has 1 amide bonds. The molecule has 0 saturated heterocycles. The second-order valence-corrected chi connectivity index (χ2v) is 20.8. The Morgan fingerprint density at radius 2 is 0.954 bits per heavy atom. The van der Waals surface area contributed by atoms with Gasteiger partial charge in [-0.2, -0.15) is 0 Å². The van der Waals surface area contributed by atoms with Crippen molar-refractivity contribution in [1.29, 1.82) is 0 Å². The zero-order valence-corrected chi connectivity index (χ0v) is 44.1. The van der Waals surface area contributed by atoms with Crippen LogP contribution >= 0.6 is 7.82 Å². The highest BCUT2D eigenvalue weighted by Gasteiger charge is 2.30. The first kappa shape index (κ1) is 63.0. The number of hydrogen-bond donors (Lipinski definition) is 2. The number of ether oxygens (including phenoxy) is 1. The highest BCUT2D eigenvalue weighted by molar-refractivity contribution is 7.47. The average Bonchev–Trinajstić information content (AvgIpc) is 3.26. The number of allylic oxidation sites excluding steroid dienone is 7. The van der Waals surface area contributed by atoms with Gasteiger partial charge in [-0.15, -0.1) is 0 Å². The lowest BCUT2D eigenvalue weighted by Gasteiger charge is -2.27. The lowest BCUT2D eigenvalue weighted by molar-refractivity contribution is -0.870. The van der Waals surface area contributed by atoms with Crippen molar-refractivity contribution in [2.75, 3.05) is 40.9 Å². The zero-order valence-electron chi connectivity index (χ0n) is 43.2. The molecule has 3 unspecified atom stereocenters. The number of carbonyl (C=O) groups is 2. The van der Waals surface area contributed by atoms with Gasteiger partial charge in [-0.1, -0.05) is 198 Å². The normalized spacial score (nSPS) is 14.3. The summed E-state index contributed by atoms with van der Waals surface area (Å²) in [5.74, 6) is -0.601. The number of hydrogen-bond acceptors (Lipinski definition) is 6. The summed E-state index contributed by atoms with van der Waals surface area (Å²) in [5, 5.41) is 3.01. The molecule has 0 heterocycles. The number of esters is 1. The van der Waals surface area contributed by atoms with Crippen molar-refractivity contribution in [1.82, 2.24) is 5.32 Å². The van der Waals surface area contributed by atoms with Crippen LogP contribution in [0.15, 0.2) is 48.6 Å². The Hall–Kier alpha value is -2.03. The Morgan fingerprint density at radius 1 is 0.538 bits per heavy atom. The Bertz CT molecular complexity index is 1260. The topological polar surface area (TPSA) is 111 Å².